The highest BCUT2D eigenvalue weighted by Crippen LogP contribution is 2.45. The average Bonchev–Trinajstić information content (AvgIpc) is 3.23. The molecule has 7 heteroatoms. The highest BCUT2D eigenvalue weighted by molar-refractivity contribution is 5.90. The Bertz CT molecular complexity index is 770. The van der Waals surface area contributed by atoms with Crippen molar-refractivity contribution in [2.75, 3.05) is 11.9 Å². The summed E-state index contributed by atoms with van der Waals surface area (Å²) in [5.41, 5.74) is 3.75. The number of aromatic amines is 1. The average molecular weight is 342 g/mol. The second kappa shape index (κ2) is 6.20. The number of urea groups is 1. The first-order valence-electron chi connectivity index (χ1n) is 9.28. The number of amides is 2. The Kier molecular flexibility index (Phi) is 4.01. The molecule has 2 aliphatic rings. The SMILES string of the molecule is CCc1nn(C)cc1NC(=O)N1CCc2[nH]cnc2C12CCCCC2. The van der Waals surface area contributed by atoms with Gasteiger partial charge in [0.25, 0.3) is 0 Å². The number of aromatic nitrogens is 4. The number of nitrogens with one attached hydrogen (secondary N) is 2. The van der Waals surface area contributed by atoms with Crippen LogP contribution in [0.25, 0.3) is 0 Å². The third kappa shape index (κ3) is 2.62. The quantitative estimate of drug-likeness (QED) is 0.881. The smallest absolute Gasteiger partial charge is 0.322 e. The zero-order valence-electron chi connectivity index (χ0n) is 15.0. The highest BCUT2D eigenvalue weighted by atomic mass is 16.2. The van der Waals surface area contributed by atoms with Crippen LogP contribution < -0.4 is 5.32 Å². The molecule has 134 valence electrons. The Labute approximate surface area is 147 Å². The van der Waals surface area contributed by atoms with E-state index >= 15 is 0 Å². The van der Waals surface area contributed by atoms with Crippen molar-refractivity contribution < 1.29 is 4.79 Å². The molecule has 1 aliphatic carbocycles. The number of nitrogens with zero attached hydrogens (tertiary/aromatic N) is 4. The summed E-state index contributed by atoms with van der Waals surface area (Å²) in [4.78, 5) is 23.1. The van der Waals surface area contributed by atoms with Crippen LogP contribution in [0.3, 0.4) is 0 Å². The van der Waals surface area contributed by atoms with Gasteiger partial charge in [-0.15, -0.1) is 0 Å². The van der Waals surface area contributed by atoms with Gasteiger partial charge in [0.15, 0.2) is 0 Å². The van der Waals surface area contributed by atoms with Crippen molar-refractivity contribution in [2.45, 2.75) is 57.4 Å². The summed E-state index contributed by atoms with van der Waals surface area (Å²) < 4.78 is 1.76. The molecule has 4 rings (SSSR count). The minimum absolute atomic E-state index is 0.0294. The van der Waals surface area contributed by atoms with Crippen LogP contribution in [0.2, 0.25) is 0 Å². The minimum atomic E-state index is -0.259. The van der Waals surface area contributed by atoms with E-state index in [0.29, 0.717) is 0 Å². The Morgan fingerprint density at radius 3 is 2.92 bits per heavy atom. The van der Waals surface area contributed by atoms with Gasteiger partial charge in [-0.25, -0.2) is 9.78 Å². The van der Waals surface area contributed by atoms with Crippen LogP contribution in [0, 0.1) is 0 Å². The molecule has 0 atom stereocenters. The van der Waals surface area contributed by atoms with E-state index in [4.69, 9.17) is 0 Å². The summed E-state index contributed by atoms with van der Waals surface area (Å²) in [5.74, 6) is 0. The van der Waals surface area contributed by atoms with Crippen molar-refractivity contribution in [2.24, 2.45) is 7.05 Å². The van der Waals surface area contributed by atoms with Gasteiger partial charge in [0.1, 0.15) is 0 Å². The largest absolute Gasteiger partial charge is 0.348 e. The lowest BCUT2D eigenvalue weighted by Gasteiger charge is -2.48. The molecular weight excluding hydrogens is 316 g/mol. The first-order chi connectivity index (χ1) is 12.1. The number of hydrogen-bond donors (Lipinski definition) is 2. The van der Waals surface area contributed by atoms with E-state index in [-0.39, 0.29) is 11.6 Å². The van der Waals surface area contributed by atoms with Crippen molar-refractivity contribution in [3.05, 3.63) is 29.6 Å². The first kappa shape index (κ1) is 16.2. The Morgan fingerprint density at radius 2 is 2.16 bits per heavy atom. The van der Waals surface area contributed by atoms with Crippen LogP contribution in [-0.2, 0) is 25.4 Å². The number of anilines is 1. The second-order valence-electron chi connectivity index (χ2n) is 7.17. The number of hydrogen-bond acceptors (Lipinski definition) is 3. The van der Waals surface area contributed by atoms with E-state index in [1.807, 2.05) is 18.1 Å². The van der Waals surface area contributed by atoms with E-state index < -0.39 is 0 Å². The monoisotopic (exact) mass is 342 g/mol. The van der Waals surface area contributed by atoms with E-state index in [1.54, 1.807) is 11.0 Å². The van der Waals surface area contributed by atoms with Gasteiger partial charge >= 0.3 is 6.03 Å². The van der Waals surface area contributed by atoms with E-state index in [0.717, 1.165) is 62.1 Å². The predicted molar refractivity (Wildman–Crippen MR) is 95.4 cm³/mol. The highest BCUT2D eigenvalue weighted by Gasteiger charge is 2.47. The number of rotatable bonds is 2. The van der Waals surface area contributed by atoms with Crippen LogP contribution in [-0.4, -0.2) is 37.2 Å². The van der Waals surface area contributed by atoms with Gasteiger partial charge in [-0.2, -0.15) is 5.10 Å². The summed E-state index contributed by atoms with van der Waals surface area (Å²) in [5, 5.41) is 7.54. The number of carbonyl (C=O) groups excluding carboxylic acids is 1. The molecule has 2 aromatic heterocycles. The molecule has 0 radical (unpaired) electrons. The summed E-state index contributed by atoms with van der Waals surface area (Å²) in [6, 6.07) is -0.0294. The second-order valence-corrected chi connectivity index (χ2v) is 7.17. The van der Waals surface area contributed by atoms with Crippen molar-refractivity contribution in [3.8, 4) is 0 Å². The Hall–Kier alpha value is -2.31. The van der Waals surface area contributed by atoms with Crippen LogP contribution in [0.1, 0.15) is 56.1 Å². The lowest BCUT2D eigenvalue weighted by atomic mass is 9.75. The first-order valence-corrected chi connectivity index (χ1v) is 9.28. The van der Waals surface area contributed by atoms with Gasteiger partial charge in [0.2, 0.25) is 0 Å². The van der Waals surface area contributed by atoms with Crippen LogP contribution in [0.15, 0.2) is 12.5 Å². The lowest BCUT2D eigenvalue weighted by molar-refractivity contribution is 0.0698. The number of aryl methyl sites for hydroxylation is 2. The van der Waals surface area contributed by atoms with Gasteiger partial charge in [0.05, 0.1) is 28.9 Å². The summed E-state index contributed by atoms with van der Waals surface area (Å²) in [6.07, 6.45) is 10.8. The molecule has 0 unspecified atom stereocenters. The molecule has 0 saturated heterocycles. The Morgan fingerprint density at radius 1 is 1.36 bits per heavy atom. The fourth-order valence-electron chi connectivity index (χ4n) is 4.50. The fourth-order valence-corrected chi connectivity index (χ4v) is 4.50. The fraction of sp³-hybridized carbons (Fsp3) is 0.611. The van der Waals surface area contributed by atoms with Crippen molar-refractivity contribution in [1.29, 1.82) is 0 Å². The van der Waals surface area contributed by atoms with Gasteiger partial charge in [0, 0.05) is 31.9 Å². The third-order valence-corrected chi connectivity index (χ3v) is 5.67. The predicted octanol–water partition coefficient (Wildman–Crippen LogP) is 2.96. The molecule has 2 amide bonds. The zero-order valence-corrected chi connectivity index (χ0v) is 15.0. The van der Waals surface area contributed by atoms with Crippen LogP contribution in [0.5, 0.6) is 0 Å². The number of carbonyl (C=O) groups is 1. The maximum atomic E-state index is 13.2. The van der Waals surface area contributed by atoms with Crippen molar-refractivity contribution >= 4 is 11.7 Å². The minimum Gasteiger partial charge on any atom is -0.348 e. The van der Waals surface area contributed by atoms with Gasteiger partial charge in [-0.05, 0) is 19.3 Å². The van der Waals surface area contributed by atoms with Crippen LogP contribution in [0.4, 0.5) is 10.5 Å². The molecule has 2 N–H and O–H groups in total. The number of imidazole rings is 1. The number of H-pyrrole nitrogens is 1. The van der Waals surface area contributed by atoms with E-state index in [1.165, 1.54) is 12.1 Å². The summed E-state index contributed by atoms with van der Waals surface area (Å²) in [7, 11) is 1.88. The normalized spacial score (nSPS) is 19.0. The molecule has 2 aromatic rings. The lowest BCUT2D eigenvalue weighted by Crippen LogP contribution is -2.55. The molecule has 3 heterocycles. The molecule has 0 bridgehead atoms. The van der Waals surface area contributed by atoms with Gasteiger partial charge < -0.3 is 15.2 Å². The van der Waals surface area contributed by atoms with E-state index in [9.17, 15) is 4.79 Å². The molecule has 1 spiro atoms. The van der Waals surface area contributed by atoms with Gasteiger partial charge in [-0.3, -0.25) is 4.68 Å². The maximum Gasteiger partial charge on any atom is 0.322 e. The van der Waals surface area contributed by atoms with Gasteiger partial charge in [-0.1, -0.05) is 26.2 Å². The molecule has 1 saturated carbocycles. The van der Waals surface area contributed by atoms with Crippen LogP contribution >= 0.6 is 0 Å². The molecule has 1 fully saturated rings. The molecule has 1 aliphatic heterocycles. The number of fused-ring (bicyclic) bond motifs is 2. The Balaban J connectivity index is 1.65. The van der Waals surface area contributed by atoms with Crippen molar-refractivity contribution in [1.82, 2.24) is 24.6 Å². The molecule has 0 aromatic carbocycles. The van der Waals surface area contributed by atoms with Crippen molar-refractivity contribution in [3.63, 3.8) is 0 Å². The van der Waals surface area contributed by atoms with E-state index in [2.05, 4.69) is 27.3 Å². The zero-order chi connectivity index (χ0) is 17.4. The summed E-state index contributed by atoms with van der Waals surface area (Å²) in [6.45, 7) is 2.78. The molecule has 7 nitrogen and oxygen atoms in total. The standard InChI is InChI=1S/C18H26N6O/c1-3-13-15(11-23(2)22-13)21-17(25)24-10-7-14-16(20-12-19-14)18(24)8-5-4-6-9-18/h11-12H,3-10H2,1-2H3,(H,19,20)(H,21,25). The maximum absolute atomic E-state index is 13.2. The topological polar surface area (TPSA) is 78.8 Å². The summed E-state index contributed by atoms with van der Waals surface area (Å²) >= 11 is 0. The molecule has 25 heavy (non-hydrogen) atoms. The molecular formula is C18H26N6O. The third-order valence-electron chi connectivity index (χ3n) is 5.67.